The molecule has 3 unspecified atom stereocenters. The molecule has 5 aliphatic rings. The highest BCUT2D eigenvalue weighted by atomic mass is 79.9. The molecular weight excluding hydrogens is 340 g/mol. The van der Waals surface area contributed by atoms with Crippen molar-refractivity contribution >= 4 is 15.9 Å². The molecule has 0 radical (unpaired) electrons. The fourth-order valence-electron chi connectivity index (χ4n) is 7.59. The van der Waals surface area contributed by atoms with Gasteiger partial charge in [0.2, 0.25) is 0 Å². The van der Waals surface area contributed by atoms with Gasteiger partial charge in [-0.1, -0.05) is 29.8 Å². The van der Waals surface area contributed by atoms with Gasteiger partial charge in [0.1, 0.15) is 5.60 Å². The highest BCUT2D eigenvalue weighted by molar-refractivity contribution is 9.09. The Bertz CT molecular complexity index is 510. The smallest absolute Gasteiger partial charge is 0.103 e. The van der Waals surface area contributed by atoms with E-state index < -0.39 is 0 Å². The van der Waals surface area contributed by atoms with Crippen molar-refractivity contribution in [3.05, 3.63) is 0 Å². The van der Waals surface area contributed by atoms with Crippen LogP contribution in [0.25, 0.3) is 0 Å². The van der Waals surface area contributed by atoms with Crippen LogP contribution in [-0.2, 0) is 4.74 Å². The summed E-state index contributed by atoms with van der Waals surface area (Å²) in [6, 6.07) is 0. The molecule has 5 fully saturated rings. The average Bonchev–Trinajstić information content (AvgIpc) is 3.08. The lowest BCUT2D eigenvalue weighted by Gasteiger charge is -2.59. The number of alkyl halides is 1. The van der Waals surface area contributed by atoms with Crippen LogP contribution in [0.3, 0.4) is 0 Å². The predicted octanol–water partition coefficient (Wildman–Crippen LogP) is 4.28. The van der Waals surface area contributed by atoms with Crippen molar-refractivity contribution in [1.29, 1.82) is 0 Å². The van der Waals surface area contributed by atoms with Gasteiger partial charge in [0.25, 0.3) is 0 Å². The van der Waals surface area contributed by atoms with Crippen molar-refractivity contribution in [2.24, 2.45) is 28.6 Å². The molecule has 22 heavy (non-hydrogen) atoms. The van der Waals surface area contributed by atoms with Gasteiger partial charge < -0.3 is 9.84 Å². The second kappa shape index (κ2) is 4.32. The first-order valence-electron chi connectivity index (χ1n) is 9.41. The summed E-state index contributed by atoms with van der Waals surface area (Å²) in [5.74, 6) is 2.58. The predicted molar refractivity (Wildman–Crippen MR) is 89.9 cm³/mol. The van der Waals surface area contributed by atoms with Gasteiger partial charge in [0.05, 0.1) is 12.2 Å². The summed E-state index contributed by atoms with van der Waals surface area (Å²) < 4.78 is 6.37. The number of fused-ring (bicyclic) bond motifs is 4. The lowest BCUT2D eigenvalue weighted by Crippen LogP contribution is -2.58. The van der Waals surface area contributed by atoms with E-state index in [0.29, 0.717) is 16.9 Å². The molecule has 0 aromatic rings. The Morgan fingerprint density at radius 1 is 1.05 bits per heavy atom. The van der Waals surface area contributed by atoms with E-state index in [4.69, 9.17) is 4.74 Å². The lowest BCUT2D eigenvalue weighted by molar-refractivity contribution is -0.107. The number of aliphatic hydroxyl groups is 1. The minimum absolute atomic E-state index is 0.0476. The van der Waals surface area contributed by atoms with Gasteiger partial charge in [-0.3, -0.25) is 0 Å². The molecule has 4 aliphatic carbocycles. The van der Waals surface area contributed by atoms with Gasteiger partial charge in [0.15, 0.2) is 0 Å². The number of halogens is 1. The zero-order valence-electron chi connectivity index (χ0n) is 13.9. The molecule has 1 heterocycles. The third kappa shape index (κ3) is 1.55. The van der Waals surface area contributed by atoms with Gasteiger partial charge in [-0.05, 0) is 68.1 Å². The molecule has 4 saturated carbocycles. The Morgan fingerprint density at radius 3 is 2.68 bits per heavy atom. The summed E-state index contributed by atoms with van der Waals surface area (Å²) in [6.45, 7) is 5.06. The number of epoxide rings is 1. The Kier molecular flexibility index (Phi) is 2.89. The molecule has 1 aliphatic heterocycles. The number of aliphatic hydroxyl groups excluding tert-OH is 1. The summed E-state index contributed by atoms with van der Waals surface area (Å²) in [5.41, 5.74) is 0.887. The van der Waals surface area contributed by atoms with Crippen molar-refractivity contribution in [1.82, 2.24) is 0 Å². The molecule has 1 saturated heterocycles. The molecule has 5 rings (SSSR count). The minimum Gasteiger partial charge on any atom is -0.393 e. The zero-order chi connectivity index (χ0) is 15.3. The zero-order valence-corrected chi connectivity index (χ0v) is 15.4. The molecule has 124 valence electrons. The van der Waals surface area contributed by atoms with Crippen molar-refractivity contribution in [2.75, 3.05) is 0 Å². The molecule has 3 heteroatoms. The van der Waals surface area contributed by atoms with Crippen molar-refractivity contribution in [2.45, 2.75) is 87.9 Å². The highest BCUT2D eigenvalue weighted by Gasteiger charge is 2.75. The van der Waals surface area contributed by atoms with E-state index in [1.54, 1.807) is 0 Å². The maximum absolute atomic E-state index is 10.2. The van der Waals surface area contributed by atoms with Gasteiger partial charge in [-0.2, -0.15) is 0 Å². The molecule has 1 spiro atoms. The molecule has 0 aromatic carbocycles. The van der Waals surface area contributed by atoms with Crippen LogP contribution >= 0.6 is 15.9 Å². The first kappa shape index (κ1) is 14.7. The van der Waals surface area contributed by atoms with Crippen LogP contribution in [0.2, 0.25) is 0 Å². The lowest BCUT2D eigenvalue weighted by atomic mass is 9.45. The first-order valence-corrected chi connectivity index (χ1v) is 10.3. The molecular formula is C19H29BrO2. The maximum Gasteiger partial charge on any atom is 0.103 e. The van der Waals surface area contributed by atoms with Crippen molar-refractivity contribution in [3.8, 4) is 0 Å². The topological polar surface area (TPSA) is 32.8 Å². The standard InChI is InChI=1S/C19H29BrO2/c1-17-7-6-14-12(13(17)3-4-15(17)20)9-16-19(22-16)10-11(21)5-8-18(14,19)2/h11-16,21H,3-10H2,1-2H3/t11-,12?,13?,14?,15-,16+,17-,18+,19+/m0/s1. The Balaban J connectivity index is 1.51. The van der Waals surface area contributed by atoms with Crippen LogP contribution in [0, 0.1) is 28.6 Å². The van der Waals surface area contributed by atoms with Gasteiger partial charge >= 0.3 is 0 Å². The molecule has 1 N–H and O–H groups in total. The van der Waals surface area contributed by atoms with E-state index in [0.717, 1.165) is 35.4 Å². The molecule has 0 amide bonds. The number of rotatable bonds is 0. The van der Waals surface area contributed by atoms with Crippen molar-refractivity contribution < 1.29 is 9.84 Å². The highest BCUT2D eigenvalue weighted by Crippen LogP contribution is 2.73. The van der Waals surface area contributed by atoms with E-state index in [9.17, 15) is 5.11 Å². The van der Waals surface area contributed by atoms with Gasteiger partial charge in [-0.15, -0.1) is 0 Å². The third-order valence-electron chi connectivity index (χ3n) is 8.94. The molecule has 0 aromatic heterocycles. The van der Waals surface area contributed by atoms with Crippen LogP contribution in [0.4, 0.5) is 0 Å². The number of ether oxygens (including phenoxy) is 1. The van der Waals surface area contributed by atoms with Crippen LogP contribution in [-0.4, -0.2) is 27.7 Å². The van der Waals surface area contributed by atoms with Crippen LogP contribution in [0.1, 0.15) is 65.2 Å². The summed E-state index contributed by atoms with van der Waals surface area (Å²) >= 11 is 4.00. The second-order valence-electron chi connectivity index (χ2n) is 9.51. The van der Waals surface area contributed by atoms with E-state index >= 15 is 0 Å². The molecule has 2 nitrogen and oxygen atoms in total. The summed E-state index contributed by atoms with van der Waals surface area (Å²) in [5, 5.41) is 10.2. The Labute approximate surface area is 142 Å². The van der Waals surface area contributed by atoms with E-state index in [2.05, 4.69) is 29.8 Å². The summed E-state index contributed by atoms with van der Waals surface area (Å²) in [6.07, 6.45) is 10.2. The minimum atomic E-state index is -0.123. The van der Waals surface area contributed by atoms with E-state index in [1.165, 1.54) is 38.5 Å². The third-order valence-corrected chi connectivity index (χ3v) is 10.4. The fourth-order valence-corrected chi connectivity index (χ4v) is 8.43. The normalized spacial score (nSPS) is 66.0. The SMILES string of the molecule is C[C@]12CCC3C(C[C@H]4O[C@]45C[C@@H](O)CC[C@]35C)C1CC[C@@H]2Br. The van der Waals surface area contributed by atoms with Crippen LogP contribution < -0.4 is 0 Å². The van der Waals surface area contributed by atoms with Gasteiger partial charge in [-0.25, -0.2) is 0 Å². The van der Waals surface area contributed by atoms with E-state index in [1.807, 2.05) is 0 Å². The molecule has 0 bridgehead atoms. The van der Waals surface area contributed by atoms with Crippen molar-refractivity contribution in [3.63, 3.8) is 0 Å². The second-order valence-corrected chi connectivity index (χ2v) is 10.6. The quantitative estimate of drug-likeness (QED) is 0.511. The maximum atomic E-state index is 10.2. The number of hydrogen-bond donors (Lipinski definition) is 1. The number of hydrogen-bond acceptors (Lipinski definition) is 2. The van der Waals surface area contributed by atoms with Gasteiger partial charge in [0, 0.05) is 16.7 Å². The molecule has 9 atom stereocenters. The monoisotopic (exact) mass is 368 g/mol. The Morgan fingerprint density at radius 2 is 1.86 bits per heavy atom. The van der Waals surface area contributed by atoms with Crippen LogP contribution in [0.5, 0.6) is 0 Å². The van der Waals surface area contributed by atoms with E-state index in [-0.39, 0.29) is 11.7 Å². The summed E-state index contributed by atoms with van der Waals surface area (Å²) in [7, 11) is 0. The first-order chi connectivity index (χ1) is 10.4. The largest absolute Gasteiger partial charge is 0.393 e. The average molecular weight is 369 g/mol. The summed E-state index contributed by atoms with van der Waals surface area (Å²) in [4.78, 5) is 0.721. The van der Waals surface area contributed by atoms with Crippen LogP contribution in [0.15, 0.2) is 0 Å². The fraction of sp³-hybridized carbons (Fsp3) is 1.00. The Hall–Kier alpha value is 0.400.